The molecule has 0 aliphatic heterocycles. The summed E-state index contributed by atoms with van der Waals surface area (Å²) in [4.78, 5) is 11.0. The van der Waals surface area contributed by atoms with Crippen molar-refractivity contribution in [1.82, 2.24) is 5.32 Å². The first-order chi connectivity index (χ1) is 6.72. The van der Waals surface area contributed by atoms with Crippen LogP contribution in [-0.2, 0) is 4.79 Å². The highest BCUT2D eigenvalue weighted by Crippen LogP contribution is 2.04. The lowest BCUT2D eigenvalue weighted by atomic mass is 10.3. The SMILES string of the molecule is CCC(=O)NC(=S)Nc1ccccc1. The van der Waals surface area contributed by atoms with Crippen LogP contribution in [0, 0.1) is 0 Å². The number of thiocarbonyl (C=S) groups is 1. The second-order valence-electron chi connectivity index (χ2n) is 2.72. The fraction of sp³-hybridized carbons (Fsp3) is 0.200. The number of benzene rings is 1. The molecule has 0 spiro atoms. The smallest absolute Gasteiger partial charge is 0.225 e. The molecule has 1 aromatic rings. The molecular formula is C10H12N2OS. The maximum absolute atomic E-state index is 11.0. The minimum atomic E-state index is -0.0848. The summed E-state index contributed by atoms with van der Waals surface area (Å²) >= 11 is 4.94. The van der Waals surface area contributed by atoms with E-state index in [2.05, 4.69) is 10.6 Å². The van der Waals surface area contributed by atoms with Crippen LogP contribution < -0.4 is 10.6 Å². The van der Waals surface area contributed by atoms with Crippen molar-refractivity contribution in [3.8, 4) is 0 Å². The Kier molecular flexibility index (Phi) is 4.07. The van der Waals surface area contributed by atoms with Gasteiger partial charge in [0.05, 0.1) is 0 Å². The zero-order chi connectivity index (χ0) is 10.4. The molecule has 0 aliphatic carbocycles. The van der Waals surface area contributed by atoms with Crippen molar-refractivity contribution >= 4 is 28.9 Å². The van der Waals surface area contributed by atoms with Crippen molar-refractivity contribution in [3.63, 3.8) is 0 Å². The zero-order valence-corrected chi connectivity index (χ0v) is 8.73. The Morgan fingerprint density at radius 2 is 2.00 bits per heavy atom. The zero-order valence-electron chi connectivity index (χ0n) is 7.91. The van der Waals surface area contributed by atoms with Gasteiger partial charge in [0.15, 0.2) is 5.11 Å². The number of hydrogen-bond acceptors (Lipinski definition) is 2. The van der Waals surface area contributed by atoms with Gasteiger partial charge < -0.3 is 10.6 Å². The molecule has 0 bridgehead atoms. The van der Waals surface area contributed by atoms with E-state index in [0.717, 1.165) is 5.69 Å². The molecule has 1 aromatic carbocycles. The van der Waals surface area contributed by atoms with E-state index < -0.39 is 0 Å². The molecule has 4 heteroatoms. The van der Waals surface area contributed by atoms with E-state index in [1.807, 2.05) is 30.3 Å². The first-order valence-electron chi connectivity index (χ1n) is 4.38. The molecule has 14 heavy (non-hydrogen) atoms. The minimum absolute atomic E-state index is 0.0848. The van der Waals surface area contributed by atoms with E-state index in [9.17, 15) is 4.79 Å². The topological polar surface area (TPSA) is 41.1 Å². The van der Waals surface area contributed by atoms with Crippen molar-refractivity contribution in [2.45, 2.75) is 13.3 Å². The van der Waals surface area contributed by atoms with Crippen molar-refractivity contribution in [2.75, 3.05) is 5.32 Å². The van der Waals surface area contributed by atoms with E-state index in [1.165, 1.54) is 0 Å². The average molecular weight is 208 g/mol. The van der Waals surface area contributed by atoms with Crippen molar-refractivity contribution in [1.29, 1.82) is 0 Å². The van der Waals surface area contributed by atoms with Crippen molar-refractivity contribution < 1.29 is 4.79 Å². The van der Waals surface area contributed by atoms with Gasteiger partial charge in [-0.05, 0) is 24.4 Å². The Morgan fingerprint density at radius 3 is 2.57 bits per heavy atom. The van der Waals surface area contributed by atoms with E-state index in [4.69, 9.17) is 12.2 Å². The third kappa shape index (κ3) is 3.53. The maximum Gasteiger partial charge on any atom is 0.225 e. The predicted molar refractivity (Wildman–Crippen MR) is 61.1 cm³/mol. The van der Waals surface area contributed by atoms with Gasteiger partial charge in [-0.2, -0.15) is 0 Å². The Bertz CT molecular complexity index is 324. The molecule has 0 heterocycles. The van der Waals surface area contributed by atoms with Crippen LogP contribution in [0.1, 0.15) is 13.3 Å². The largest absolute Gasteiger partial charge is 0.332 e. The quantitative estimate of drug-likeness (QED) is 0.729. The highest BCUT2D eigenvalue weighted by atomic mass is 32.1. The number of para-hydroxylation sites is 1. The lowest BCUT2D eigenvalue weighted by molar-refractivity contribution is -0.119. The van der Waals surface area contributed by atoms with Crippen molar-refractivity contribution in [2.24, 2.45) is 0 Å². The number of rotatable bonds is 2. The first-order valence-corrected chi connectivity index (χ1v) is 4.79. The fourth-order valence-electron chi connectivity index (χ4n) is 0.899. The van der Waals surface area contributed by atoms with Gasteiger partial charge >= 0.3 is 0 Å². The van der Waals surface area contributed by atoms with Crippen LogP contribution in [0.4, 0.5) is 5.69 Å². The van der Waals surface area contributed by atoms with Gasteiger partial charge in [-0.15, -0.1) is 0 Å². The lowest BCUT2D eigenvalue weighted by Gasteiger charge is -2.07. The second kappa shape index (κ2) is 5.34. The molecular weight excluding hydrogens is 196 g/mol. The highest BCUT2D eigenvalue weighted by Gasteiger charge is 2.00. The molecule has 0 fully saturated rings. The second-order valence-corrected chi connectivity index (χ2v) is 3.13. The maximum atomic E-state index is 11.0. The molecule has 0 saturated heterocycles. The Balaban J connectivity index is 2.46. The van der Waals surface area contributed by atoms with E-state index >= 15 is 0 Å². The monoisotopic (exact) mass is 208 g/mol. The van der Waals surface area contributed by atoms with Gasteiger partial charge in [-0.25, -0.2) is 0 Å². The van der Waals surface area contributed by atoms with Crippen LogP contribution in [0.5, 0.6) is 0 Å². The Hall–Kier alpha value is -1.42. The minimum Gasteiger partial charge on any atom is -0.332 e. The summed E-state index contributed by atoms with van der Waals surface area (Å²) in [6.45, 7) is 1.78. The van der Waals surface area contributed by atoms with Crippen LogP contribution in [0.3, 0.4) is 0 Å². The van der Waals surface area contributed by atoms with Crippen LogP contribution in [0.15, 0.2) is 30.3 Å². The van der Waals surface area contributed by atoms with Gasteiger partial charge in [0.1, 0.15) is 0 Å². The number of carbonyl (C=O) groups excluding carboxylic acids is 1. The molecule has 0 aromatic heterocycles. The van der Waals surface area contributed by atoms with Crippen LogP contribution in [0.25, 0.3) is 0 Å². The standard InChI is InChI=1S/C10H12N2OS/c1-2-9(13)12-10(14)11-8-6-4-3-5-7-8/h3-7H,2H2,1H3,(H2,11,12,13,14). The van der Waals surface area contributed by atoms with Gasteiger partial charge in [-0.3, -0.25) is 4.79 Å². The normalized spacial score (nSPS) is 9.21. The fourth-order valence-corrected chi connectivity index (χ4v) is 1.13. The van der Waals surface area contributed by atoms with Crippen molar-refractivity contribution in [3.05, 3.63) is 30.3 Å². The van der Waals surface area contributed by atoms with E-state index in [1.54, 1.807) is 6.92 Å². The van der Waals surface area contributed by atoms with E-state index in [-0.39, 0.29) is 5.91 Å². The summed E-state index contributed by atoms with van der Waals surface area (Å²) < 4.78 is 0. The first kappa shape index (κ1) is 10.7. The molecule has 0 saturated carbocycles. The molecule has 3 nitrogen and oxygen atoms in total. The molecule has 74 valence electrons. The van der Waals surface area contributed by atoms with Gasteiger partial charge in [0.25, 0.3) is 0 Å². The molecule has 1 rings (SSSR count). The average Bonchev–Trinajstić information content (AvgIpc) is 2.19. The molecule has 0 atom stereocenters. The number of anilines is 1. The molecule has 0 aliphatic rings. The third-order valence-electron chi connectivity index (χ3n) is 1.61. The van der Waals surface area contributed by atoms with Gasteiger partial charge in [0.2, 0.25) is 5.91 Å². The predicted octanol–water partition coefficient (Wildman–Crippen LogP) is 1.91. The van der Waals surface area contributed by atoms with E-state index in [0.29, 0.717) is 11.5 Å². The summed E-state index contributed by atoms with van der Waals surface area (Å²) in [5, 5.41) is 5.80. The molecule has 2 N–H and O–H groups in total. The lowest BCUT2D eigenvalue weighted by Crippen LogP contribution is -2.33. The Morgan fingerprint density at radius 1 is 1.36 bits per heavy atom. The summed E-state index contributed by atoms with van der Waals surface area (Å²) in [6.07, 6.45) is 0.427. The summed E-state index contributed by atoms with van der Waals surface area (Å²) in [7, 11) is 0. The Labute approximate surface area is 88.5 Å². The summed E-state index contributed by atoms with van der Waals surface area (Å²) in [5.74, 6) is -0.0848. The molecule has 0 radical (unpaired) electrons. The molecule has 1 amide bonds. The summed E-state index contributed by atoms with van der Waals surface area (Å²) in [6, 6.07) is 9.47. The number of nitrogens with one attached hydrogen (secondary N) is 2. The number of amides is 1. The van der Waals surface area contributed by atoms with Gasteiger partial charge in [-0.1, -0.05) is 25.1 Å². The number of carbonyl (C=O) groups is 1. The molecule has 0 unspecified atom stereocenters. The highest BCUT2D eigenvalue weighted by molar-refractivity contribution is 7.80. The van der Waals surface area contributed by atoms with Gasteiger partial charge in [0, 0.05) is 12.1 Å². The third-order valence-corrected chi connectivity index (χ3v) is 1.81. The van der Waals surface area contributed by atoms with Crippen LogP contribution in [-0.4, -0.2) is 11.0 Å². The number of hydrogen-bond donors (Lipinski definition) is 2. The summed E-state index contributed by atoms with van der Waals surface area (Å²) in [5.41, 5.74) is 0.869. The van der Waals surface area contributed by atoms with Crippen LogP contribution >= 0.6 is 12.2 Å². The van der Waals surface area contributed by atoms with Crippen LogP contribution in [0.2, 0.25) is 0 Å².